The second-order valence-corrected chi connectivity index (χ2v) is 6.91. The fourth-order valence-electron chi connectivity index (χ4n) is 2.88. The van der Waals surface area contributed by atoms with E-state index >= 15 is 0 Å². The average Bonchev–Trinajstić information content (AvgIpc) is 3.23. The van der Waals surface area contributed by atoms with Gasteiger partial charge in [0, 0.05) is 17.8 Å². The molecule has 4 heterocycles. The minimum Gasteiger partial charge on any atom is -0.365 e. The summed E-state index contributed by atoms with van der Waals surface area (Å²) in [6.07, 6.45) is 1.73. The molecular formula is C17H12F2N6O2S. The number of nitrogens with two attached hydrogens (primary N) is 1. The number of anilines is 1. The Hall–Kier alpha value is -3.47. The molecule has 4 aromatic rings. The van der Waals surface area contributed by atoms with E-state index < -0.39 is 23.9 Å². The molecular weight excluding hydrogens is 390 g/mol. The standard InChI is InChI=1S/C17H12F2N6O2S/c1-7-5-9(13(18)19)23-17-10(7)11(12(28-17)14(20)26)24-16(27)8-6-22-25-4-2-3-21-15(8)25/h2-6,13H,1H3,(H2,20,26)(H,24,27). The molecule has 0 spiro atoms. The Morgan fingerprint density at radius 3 is 2.86 bits per heavy atom. The number of nitrogens with zero attached hydrogens (tertiary/aromatic N) is 4. The van der Waals surface area contributed by atoms with E-state index in [0.717, 1.165) is 11.3 Å². The van der Waals surface area contributed by atoms with Crippen LogP contribution in [0.25, 0.3) is 15.9 Å². The number of aromatic nitrogens is 4. The highest BCUT2D eigenvalue weighted by molar-refractivity contribution is 7.21. The maximum Gasteiger partial charge on any atom is 0.280 e. The molecule has 11 heteroatoms. The molecule has 0 aliphatic rings. The zero-order valence-corrected chi connectivity index (χ0v) is 15.1. The number of nitrogens with one attached hydrogen (secondary N) is 1. The van der Waals surface area contributed by atoms with Crippen LogP contribution in [0.1, 0.15) is 37.7 Å². The number of thiophene rings is 1. The van der Waals surface area contributed by atoms with Crippen LogP contribution in [0.4, 0.5) is 14.5 Å². The van der Waals surface area contributed by atoms with Crippen LogP contribution in [0, 0.1) is 6.92 Å². The summed E-state index contributed by atoms with van der Waals surface area (Å²) in [4.78, 5) is 32.9. The van der Waals surface area contributed by atoms with Gasteiger partial charge in [-0.25, -0.2) is 23.3 Å². The molecule has 0 atom stereocenters. The van der Waals surface area contributed by atoms with Gasteiger partial charge in [-0.1, -0.05) is 0 Å². The van der Waals surface area contributed by atoms with Crippen molar-refractivity contribution in [1.82, 2.24) is 19.6 Å². The zero-order chi connectivity index (χ0) is 20.0. The summed E-state index contributed by atoms with van der Waals surface area (Å²) >= 11 is 0.850. The number of amides is 2. The van der Waals surface area contributed by atoms with Crippen molar-refractivity contribution in [2.45, 2.75) is 13.3 Å². The predicted octanol–water partition coefficient (Wildman–Crippen LogP) is 2.94. The monoisotopic (exact) mass is 402 g/mol. The van der Waals surface area contributed by atoms with Crippen molar-refractivity contribution >= 4 is 44.7 Å². The van der Waals surface area contributed by atoms with Crippen LogP contribution in [-0.2, 0) is 0 Å². The molecule has 0 aromatic carbocycles. The summed E-state index contributed by atoms with van der Waals surface area (Å²) in [6, 6.07) is 2.88. The molecule has 142 valence electrons. The van der Waals surface area contributed by atoms with Crippen molar-refractivity contribution in [3.63, 3.8) is 0 Å². The van der Waals surface area contributed by atoms with Crippen molar-refractivity contribution in [3.8, 4) is 0 Å². The molecule has 0 aliphatic heterocycles. The van der Waals surface area contributed by atoms with Crippen molar-refractivity contribution < 1.29 is 18.4 Å². The van der Waals surface area contributed by atoms with Crippen LogP contribution < -0.4 is 11.1 Å². The van der Waals surface area contributed by atoms with E-state index in [1.165, 1.54) is 23.0 Å². The Bertz CT molecular complexity index is 1250. The van der Waals surface area contributed by atoms with Crippen LogP contribution in [0.3, 0.4) is 0 Å². The van der Waals surface area contributed by atoms with E-state index in [0.29, 0.717) is 16.6 Å². The fourth-order valence-corrected chi connectivity index (χ4v) is 3.95. The number of hydrogen-bond donors (Lipinski definition) is 2. The van der Waals surface area contributed by atoms with Gasteiger partial charge in [0.1, 0.15) is 21.0 Å². The van der Waals surface area contributed by atoms with Crippen molar-refractivity contribution in [3.05, 3.63) is 52.4 Å². The number of hydrogen-bond acceptors (Lipinski definition) is 6. The Labute approximate surface area is 160 Å². The van der Waals surface area contributed by atoms with E-state index in [1.807, 2.05) is 0 Å². The summed E-state index contributed by atoms with van der Waals surface area (Å²) in [5.74, 6) is -1.36. The van der Waals surface area contributed by atoms with Gasteiger partial charge in [0.15, 0.2) is 5.65 Å². The molecule has 8 nitrogen and oxygen atoms in total. The first kappa shape index (κ1) is 17.9. The van der Waals surface area contributed by atoms with Crippen LogP contribution in [0.5, 0.6) is 0 Å². The topological polar surface area (TPSA) is 115 Å². The molecule has 4 rings (SSSR count). The van der Waals surface area contributed by atoms with Gasteiger partial charge in [-0.3, -0.25) is 9.59 Å². The maximum absolute atomic E-state index is 13.0. The van der Waals surface area contributed by atoms with Crippen LogP contribution in [0.2, 0.25) is 0 Å². The zero-order valence-electron chi connectivity index (χ0n) is 14.3. The third kappa shape index (κ3) is 2.85. The van der Waals surface area contributed by atoms with Crippen molar-refractivity contribution in [2.75, 3.05) is 5.32 Å². The first-order valence-corrected chi connectivity index (χ1v) is 8.80. The number of fused-ring (bicyclic) bond motifs is 2. The van der Waals surface area contributed by atoms with E-state index in [2.05, 4.69) is 20.4 Å². The van der Waals surface area contributed by atoms with Crippen LogP contribution >= 0.6 is 11.3 Å². The number of alkyl halides is 2. The van der Waals surface area contributed by atoms with Gasteiger partial charge in [0.05, 0.1) is 11.9 Å². The average molecular weight is 402 g/mol. The van der Waals surface area contributed by atoms with E-state index in [9.17, 15) is 18.4 Å². The van der Waals surface area contributed by atoms with E-state index in [-0.39, 0.29) is 21.0 Å². The highest BCUT2D eigenvalue weighted by Gasteiger charge is 2.24. The van der Waals surface area contributed by atoms with Gasteiger partial charge in [0.2, 0.25) is 0 Å². The first-order valence-electron chi connectivity index (χ1n) is 7.98. The summed E-state index contributed by atoms with van der Waals surface area (Å²) in [5, 5.41) is 7.08. The van der Waals surface area contributed by atoms with Crippen molar-refractivity contribution in [2.24, 2.45) is 5.73 Å². The third-order valence-corrected chi connectivity index (χ3v) is 5.19. The lowest BCUT2D eigenvalue weighted by Gasteiger charge is -2.07. The number of carbonyl (C=O) groups is 2. The van der Waals surface area contributed by atoms with Gasteiger partial charge in [-0.05, 0) is 24.6 Å². The number of carbonyl (C=O) groups excluding carboxylic acids is 2. The summed E-state index contributed by atoms with van der Waals surface area (Å²) in [6.45, 7) is 1.60. The smallest absolute Gasteiger partial charge is 0.280 e. The molecule has 0 aliphatic carbocycles. The lowest BCUT2D eigenvalue weighted by atomic mass is 10.1. The molecule has 0 bridgehead atoms. The predicted molar refractivity (Wildman–Crippen MR) is 98.8 cm³/mol. The highest BCUT2D eigenvalue weighted by atomic mass is 32.1. The molecule has 3 N–H and O–H groups in total. The largest absolute Gasteiger partial charge is 0.365 e. The number of rotatable bonds is 4. The van der Waals surface area contributed by atoms with Crippen LogP contribution in [-0.4, -0.2) is 31.4 Å². The SMILES string of the molecule is Cc1cc(C(F)F)nc2sc(C(N)=O)c(NC(=O)c3cnn4cccnc34)c12. The van der Waals surface area contributed by atoms with E-state index in [4.69, 9.17) is 5.73 Å². The maximum atomic E-state index is 13.0. The van der Waals surface area contributed by atoms with Crippen LogP contribution in [0.15, 0.2) is 30.7 Å². The second-order valence-electron chi connectivity index (χ2n) is 5.92. The third-order valence-electron chi connectivity index (χ3n) is 4.09. The second kappa shape index (κ2) is 6.60. The normalized spacial score (nSPS) is 11.4. The Morgan fingerprint density at radius 1 is 1.36 bits per heavy atom. The summed E-state index contributed by atoms with van der Waals surface area (Å²) in [7, 11) is 0. The molecule has 2 amide bonds. The van der Waals surface area contributed by atoms with E-state index in [1.54, 1.807) is 19.2 Å². The lowest BCUT2D eigenvalue weighted by Crippen LogP contribution is -2.17. The lowest BCUT2D eigenvalue weighted by molar-refractivity contribution is 0.100. The molecule has 0 fully saturated rings. The minimum absolute atomic E-state index is 0.0230. The number of halogens is 2. The molecule has 28 heavy (non-hydrogen) atoms. The fraction of sp³-hybridized carbons (Fsp3) is 0.118. The molecule has 0 saturated carbocycles. The Morgan fingerprint density at radius 2 is 2.14 bits per heavy atom. The molecule has 4 aromatic heterocycles. The number of pyridine rings is 1. The Kier molecular flexibility index (Phi) is 4.23. The molecule has 0 radical (unpaired) electrons. The van der Waals surface area contributed by atoms with Crippen molar-refractivity contribution in [1.29, 1.82) is 0 Å². The summed E-state index contributed by atoms with van der Waals surface area (Å²) < 4.78 is 27.5. The van der Waals surface area contributed by atoms with Gasteiger partial charge >= 0.3 is 0 Å². The minimum atomic E-state index is -2.76. The Balaban J connectivity index is 1.84. The molecule has 0 saturated heterocycles. The molecule has 0 unspecified atom stereocenters. The quantitative estimate of drug-likeness (QED) is 0.545. The van der Waals surface area contributed by atoms with Gasteiger partial charge < -0.3 is 11.1 Å². The van der Waals surface area contributed by atoms with Gasteiger partial charge in [-0.15, -0.1) is 11.3 Å². The van der Waals surface area contributed by atoms with Gasteiger partial charge in [-0.2, -0.15) is 5.10 Å². The highest BCUT2D eigenvalue weighted by Crippen LogP contribution is 2.38. The van der Waals surface area contributed by atoms with Gasteiger partial charge in [0.25, 0.3) is 18.2 Å². The first-order chi connectivity index (χ1) is 13.4. The number of primary amides is 1. The number of aryl methyl sites for hydroxylation is 1. The summed E-state index contributed by atoms with van der Waals surface area (Å²) in [5.41, 5.74) is 6.11.